The lowest BCUT2D eigenvalue weighted by Gasteiger charge is -2.43. The lowest BCUT2D eigenvalue weighted by molar-refractivity contribution is 0.0134. The number of hydrogen-bond donors (Lipinski definition) is 1. The van der Waals surface area contributed by atoms with Crippen LogP contribution in [-0.2, 0) is 68.6 Å². The van der Waals surface area contributed by atoms with Gasteiger partial charge < -0.3 is 77.6 Å². The first-order chi connectivity index (χ1) is 64.2. The second kappa shape index (κ2) is 42.8. The molecule has 8 atom stereocenters. The van der Waals surface area contributed by atoms with Gasteiger partial charge in [-0.05, 0) is 152 Å². The lowest BCUT2D eigenvalue weighted by Crippen LogP contribution is -2.56. The second-order valence-corrected chi connectivity index (χ2v) is 39.9. The summed E-state index contributed by atoms with van der Waals surface area (Å²) in [5, 5.41) is 46.7. The molecule has 4 unspecified atom stereocenters. The largest absolute Gasteiger partial charge is 0.508 e. The number of benzene rings is 6. The van der Waals surface area contributed by atoms with Crippen molar-refractivity contribution in [3.63, 3.8) is 0 Å². The number of carbonyl (C=O) groups is 2. The number of aryl methyl sites for hydroxylation is 2. The van der Waals surface area contributed by atoms with E-state index in [1.165, 1.54) is 44.0 Å². The van der Waals surface area contributed by atoms with Crippen molar-refractivity contribution in [2.24, 2.45) is 0 Å². The summed E-state index contributed by atoms with van der Waals surface area (Å²) in [4.78, 5) is 79.9. The number of amides is 2. The van der Waals surface area contributed by atoms with E-state index in [2.05, 4.69) is 168 Å². The van der Waals surface area contributed by atoms with Gasteiger partial charge in [-0.3, -0.25) is 14.0 Å². The minimum absolute atomic E-state index is 0. The fraction of sp³-hybridized carbons (Fsp3) is 0.500. The molecule has 30 nitrogen and oxygen atoms in total. The van der Waals surface area contributed by atoms with Gasteiger partial charge in [-0.2, -0.15) is 62.7 Å². The predicted octanol–water partition coefficient (Wildman–Crippen LogP) is 14.1. The van der Waals surface area contributed by atoms with E-state index in [0.717, 1.165) is 190 Å². The van der Waals surface area contributed by atoms with E-state index < -0.39 is 28.1 Å². The number of carbonyl (C=O) groups excluding carboxylic acids is 2. The molecule has 7 saturated heterocycles. The Morgan fingerprint density at radius 1 is 0.504 bits per heavy atom. The third-order valence-corrected chi connectivity index (χ3v) is 27.7. The van der Waals surface area contributed by atoms with Gasteiger partial charge in [0.1, 0.15) is 34.4 Å². The fourth-order valence-electron chi connectivity index (χ4n) is 20.7. The highest BCUT2D eigenvalue weighted by atomic mass is 32.2. The molecule has 4 bridgehead atoms. The number of rotatable bonds is 22. The second-order valence-electron chi connectivity index (χ2n) is 38.6. The van der Waals surface area contributed by atoms with E-state index in [4.69, 9.17) is 58.3 Å². The first kappa shape index (κ1) is 98.0. The summed E-state index contributed by atoms with van der Waals surface area (Å²) in [7, 11) is -1.37. The van der Waals surface area contributed by atoms with Crippen LogP contribution in [0.15, 0.2) is 139 Å². The van der Waals surface area contributed by atoms with E-state index in [0.29, 0.717) is 127 Å². The number of morpholine rings is 2. The quantitative estimate of drug-likeness (QED) is 0.0374. The molecule has 3 aromatic heterocycles. The van der Waals surface area contributed by atoms with Gasteiger partial charge in [0.05, 0.1) is 142 Å². The molecule has 9 aromatic rings. The van der Waals surface area contributed by atoms with Crippen LogP contribution in [0.1, 0.15) is 131 Å². The zero-order chi connectivity index (χ0) is 92.9. The van der Waals surface area contributed by atoms with Crippen molar-refractivity contribution in [3.05, 3.63) is 179 Å². The highest BCUT2D eigenvalue weighted by Crippen LogP contribution is 2.42. The Bertz CT molecular complexity index is 6000. The van der Waals surface area contributed by atoms with Crippen molar-refractivity contribution < 1.29 is 47.3 Å². The molecule has 714 valence electrons. The van der Waals surface area contributed by atoms with Crippen LogP contribution < -0.4 is 38.9 Å². The average molecular weight is 1890 g/mol. The Morgan fingerprint density at radius 2 is 0.881 bits per heavy atom. The number of nitriles is 3. The number of aromatic hydroxyl groups is 1. The number of ether oxygens (including phenoxy) is 6. The van der Waals surface area contributed by atoms with E-state index in [9.17, 15) is 34.7 Å². The Morgan fingerprint density at radius 3 is 1.26 bits per heavy atom. The van der Waals surface area contributed by atoms with Gasteiger partial charge in [0.2, 0.25) is 5.16 Å². The number of nitrogens with zero attached hydrogens (tertiary/aromatic N) is 20. The van der Waals surface area contributed by atoms with Gasteiger partial charge in [0, 0.05) is 185 Å². The summed E-state index contributed by atoms with van der Waals surface area (Å²) in [6.07, 6.45) is 10.5. The number of phenols is 1. The summed E-state index contributed by atoms with van der Waals surface area (Å²) in [5.74, 6) is 2.76. The maximum Gasteiger partial charge on any atom is 0.410 e. The third kappa shape index (κ3) is 22.6. The fourth-order valence-corrected chi connectivity index (χ4v) is 21.2. The van der Waals surface area contributed by atoms with Gasteiger partial charge in [-0.1, -0.05) is 98.1 Å². The molecule has 1 N–H and O–H groups in total. The van der Waals surface area contributed by atoms with Crippen LogP contribution in [0.2, 0.25) is 0 Å². The molecule has 0 spiro atoms. The molecule has 135 heavy (non-hydrogen) atoms. The monoisotopic (exact) mass is 1890 g/mol. The number of phenolic OH excluding ortho intramolecular Hbond substituents is 1. The number of fused-ring (bicyclic) bond motifs is 10. The molecule has 0 aliphatic carbocycles. The molecule has 7 fully saturated rings. The Balaban J connectivity index is 0.000000154. The zero-order valence-electron chi connectivity index (χ0n) is 79.2. The molecule has 6 aromatic carbocycles. The topological polar surface area (TPSA) is 311 Å². The highest BCUT2D eigenvalue weighted by molar-refractivity contribution is 7.84. The number of piperazine rings is 3. The maximum absolute atomic E-state index is 13.1. The Labute approximate surface area is 809 Å². The number of allylic oxidation sites excluding steroid dienone is 1. The van der Waals surface area contributed by atoms with Gasteiger partial charge in [0.15, 0.2) is 0 Å². The molecule has 13 heterocycles. The van der Waals surface area contributed by atoms with Crippen molar-refractivity contribution in [2.45, 2.75) is 198 Å². The molecule has 10 aliphatic rings. The SMILES string of the molecule is C=CC(=C)N1CCN(c2nc(OCCCN3C[C@@H]4C[C@H]3CO4)nc3c2CCN(c2cc(O)cc4ccccc24)C3)CC1CC#N.Cc1cc(N2CCc3c(nc(OCCCN4C[C@@H]5C[C@H]4CO5)nc3N3CCN(C(=O)OC(C)(C)C)C(CC#N)C3)C2)c2ccccc2c1.Cc1cc(N2CCc3c(nc(S(C)=O)nc3N3CCN(C(=O)OC(C)(C)C)C(CC#N)C3)C2)c2ccccc2c1.S.S. The summed E-state index contributed by atoms with van der Waals surface area (Å²) in [5.41, 5.74) is 11.5. The molecule has 0 radical (unpaired) electrons. The summed E-state index contributed by atoms with van der Waals surface area (Å²) < 4.78 is 48.0. The van der Waals surface area contributed by atoms with Crippen molar-refractivity contribution >= 4 is 117 Å². The highest BCUT2D eigenvalue weighted by Gasteiger charge is 2.43. The van der Waals surface area contributed by atoms with Crippen LogP contribution in [0.4, 0.5) is 44.1 Å². The third-order valence-electron chi connectivity index (χ3n) is 27.0. The van der Waals surface area contributed by atoms with E-state index in [1.54, 1.807) is 22.1 Å². The minimum atomic E-state index is -1.37. The zero-order valence-corrected chi connectivity index (χ0v) is 82.1. The van der Waals surface area contributed by atoms with Crippen LogP contribution in [-0.4, -0.2) is 267 Å². The number of hydrogen-bond acceptors (Lipinski definition) is 28. The van der Waals surface area contributed by atoms with Crippen LogP contribution in [0.3, 0.4) is 0 Å². The van der Waals surface area contributed by atoms with E-state index in [1.807, 2.05) is 71.9 Å². The molecule has 2 amide bonds. The molecular formula is C102H128N20O10S3. The maximum atomic E-state index is 13.1. The van der Waals surface area contributed by atoms with Gasteiger partial charge in [-0.15, -0.1) is 0 Å². The van der Waals surface area contributed by atoms with E-state index >= 15 is 0 Å². The van der Waals surface area contributed by atoms with Crippen molar-refractivity contribution in [1.29, 1.82) is 15.8 Å². The summed E-state index contributed by atoms with van der Waals surface area (Å²) >= 11 is 0. The van der Waals surface area contributed by atoms with Crippen molar-refractivity contribution in [1.82, 2.24) is 54.4 Å². The molecular weight excluding hydrogens is 1760 g/mol. The number of aromatic nitrogens is 6. The van der Waals surface area contributed by atoms with Crippen LogP contribution in [0.5, 0.6) is 17.8 Å². The van der Waals surface area contributed by atoms with Gasteiger partial charge in [-0.25, -0.2) is 19.6 Å². The van der Waals surface area contributed by atoms with Crippen LogP contribution in [0.25, 0.3) is 32.3 Å². The minimum Gasteiger partial charge on any atom is -0.508 e. The van der Waals surface area contributed by atoms with Crippen molar-refractivity contribution in [3.8, 4) is 36.0 Å². The normalized spacial score (nSPS) is 21.1. The average Bonchev–Trinajstić information content (AvgIpc) is 1.44. The number of anilines is 6. The lowest BCUT2D eigenvalue weighted by atomic mass is 10.00. The van der Waals surface area contributed by atoms with Crippen molar-refractivity contribution in [2.75, 3.05) is 167 Å². The van der Waals surface area contributed by atoms with Crippen LogP contribution >= 0.6 is 27.0 Å². The molecule has 10 aliphatic heterocycles. The van der Waals surface area contributed by atoms with E-state index in [-0.39, 0.29) is 69.8 Å². The van der Waals surface area contributed by atoms with Gasteiger partial charge >= 0.3 is 24.2 Å². The molecule has 33 heteroatoms. The molecule has 19 rings (SSSR count). The molecule has 0 saturated carbocycles. The summed E-state index contributed by atoms with van der Waals surface area (Å²) in [6, 6.07) is 45.8. The number of likely N-dealkylation sites (tertiary alicyclic amines) is 2. The first-order valence-corrected chi connectivity index (χ1v) is 48.6. The summed E-state index contributed by atoms with van der Waals surface area (Å²) in [6.45, 7) is 39.4. The van der Waals surface area contributed by atoms with Crippen LogP contribution in [0, 0.1) is 47.8 Å². The Hall–Kier alpha value is -11.5. The smallest absolute Gasteiger partial charge is 0.410 e. The Kier molecular flexibility index (Phi) is 31.1. The predicted molar refractivity (Wildman–Crippen MR) is 537 cm³/mol. The first-order valence-electron chi connectivity index (χ1n) is 47.1. The van der Waals surface area contributed by atoms with Gasteiger partial charge in [0.25, 0.3) is 0 Å². The standard InChI is InChI=1S/C37H47N7O4.C35H41N7O3.C30H36N6O3S.2H2S/c1-25-18-26-8-5-6-9-30(26)33(19-25)42-14-11-31-32(23-42)39-35(46-17-7-13-41-22-29-20-28(41)24-47-29)40-34(31)43-15-16-44(27(21-43)10-12-38)36(45)48-37(2,3)4;1-3-24(2)42-15-14-41(20-26(42)9-11-36)34-31-10-13-40(33-19-28(43)17-25-7-4-5-8-30(25)33)22-32(31)37-35(38-34)44-16-6-12-39-21-29-18-27(39)23-45-29;1-20-16-21-8-6-7-9-23(21)26(17-20)34-13-11-24-25(19-34)32-28(40(5)38)33-27(24)35-14-15-36(22(18-35)10-12-31)29(37)39-30(2,3)4;;/h5-6,8-9,18-19,27-29H,7,10-11,13-17,20-24H2,1-4H3;3-5,7-8,17,19,26-27,29,43H,1-2,6,9-10,12-16,18,20-23H2;6-9,16-17,22H,10-11,13-15,18-19H2,1-5H3;2*1H2/t27?,28-,29-;26?,27-,29-;;;/m00.../s1.